The molecule has 0 aromatic carbocycles. The first-order chi connectivity index (χ1) is 11.9. The van der Waals surface area contributed by atoms with Crippen LogP contribution >= 0.6 is 0 Å². The van der Waals surface area contributed by atoms with Gasteiger partial charge in [-0.25, -0.2) is 0 Å². The van der Waals surface area contributed by atoms with Crippen LogP contribution in [0.25, 0.3) is 0 Å². The monoisotopic (exact) mass is 350 g/mol. The second kappa shape index (κ2) is 9.55. The summed E-state index contributed by atoms with van der Waals surface area (Å²) in [7, 11) is -0.166. The van der Waals surface area contributed by atoms with E-state index >= 15 is 0 Å². The van der Waals surface area contributed by atoms with Crippen LogP contribution in [0.15, 0.2) is 0 Å². The van der Waals surface area contributed by atoms with Crippen molar-refractivity contribution in [3.05, 3.63) is 0 Å². The average Bonchev–Trinajstić information content (AvgIpc) is 2.77. The van der Waals surface area contributed by atoms with Crippen molar-refractivity contribution in [2.45, 2.75) is 122 Å². The molecule has 0 amide bonds. The van der Waals surface area contributed by atoms with Gasteiger partial charge < -0.3 is 14.1 Å². The molecule has 25 heavy (non-hydrogen) atoms. The van der Waals surface area contributed by atoms with Crippen LogP contribution < -0.4 is 0 Å². The van der Waals surface area contributed by atoms with E-state index < -0.39 is 0 Å². The molecule has 0 aromatic rings. The van der Waals surface area contributed by atoms with Crippen molar-refractivity contribution >= 4 is 13.4 Å². The fourth-order valence-corrected chi connectivity index (χ4v) is 4.13. The SMILES string of the molecule is CC1(C)OB(C2CCCCCCCCCCCC(C=O)C2)OC1(C)C. The normalized spacial score (nSPS) is 32.1. The van der Waals surface area contributed by atoms with E-state index in [1.54, 1.807) is 0 Å². The molecule has 1 aliphatic heterocycles. The van der Waals surface area contributed by atoms with Crippen LogP contribution in [0.5, 0.6) is 0 Å². The zero-order valence-electron chi connectivity index (χ0n) is 17.0. The molecule has 3 nitrogen and oxygen atoms in total. The average molecular weight is 350 g/mol. The minimum atomic E-state index is -0.284. The van der Waals surface area contributed by atoms with Crippen LogP contribution in [-0.4, -0.2) is 24.6 Å². The molecule has 2 rings (SSSR count). The third kappa shape index (κ3) is 6.10. The van der Waals surface area contributed by atoms with E-state index in [-0.39, 0.29) is 24.2 Å². The summed E-state index contributed by atoms with van der Waals surface area (Å²) in [4.78, 5) is 11.6. The van der Waals surface area contributed by atoms with E-state index in [1.165, 1.54) is 64.1 Å². The van der Waals surface area contributed by atoms with Crippen LogP contribution in [-0.2, 0) is 14.1 Å². The van der Waals surface area contributed by atoms with Crippen molar-refractivity contribution < 1.29 is 14.1 Å². The predicted octanol–water partition coefficient (Wildman–Crippen LogP) is 5.96. The fraction of sp³-hybridized carbons (Fsp3) is 0.952. The summed E-state index contributed by atoms with van der Waals surface area (Å²) in [6, 6.07) is 0. The van der Waals surface area contributed by atoms with Gasteiger partial charge in [-0.3, -0.25) is 0 Å². The minimum Gasteiger partial charge on any atom is -0.403 e. The standard InChI is InChI=1S/C21H39BO3/c1-20(2)21(3,4)25-22(24-20)19-15-13-11-9-7-5-6-8-10-12-14-18(16-19)17-23/h17-19H,5-16H2,1-4H3. The summed E-state index contributed by atoms with van der Waals surface area (Å²) in [5, 5.41) is 0. The van der Waals surface area contributed by atoms with Gasteiger partial charge in [0.1, 0.15) is 6.29 Å². The molecular formula is C21H39BO3. The lowest BCUT2D eigenvalue weighted by Gasteiger charge is -2.32. The van der Waals surface area contributed by atoms with E-state index in [0.717, 1.165) is 19.3 Å². The van der Waals surface area contributed by atoms with Gasteiger partial charge in [0.25, 0.3) is 0 Å². The zero-order chi connectivity index (χ0) is 18.3. The molecule has 144 valence electrons. The molecule has 2 unspecified atom stereocenters. The summed E-state index contributed by atoms with van der Waals surface area (Å²) in [6.07, 6.45) is 16.0. The molecule has 0 aromatic heterocycles. The van der Waals surface area contributed by atoms with E-state index in [4.69, 9.17) is 9.31 Å². The van der Waals surface area contributed by atoms with Crippen LogP contribution in [0.4, 0.5) is 0 Å². The Morgan fingerprint density at radius 3 is 1.68 bits per heavy atom. The van der Waals surface area contributed by atoms with Gasteiger partial charge in [0.2, 0.25) is 0 Å². The Bertz CT molecular complexity index is 392. The van der Waals surface area contributed by atoms with Crippen molar-refractivity contribution in [3.63, 3.8) is 0 Å². The molecule has 1 aliphatic carbocycles. The Balaban J connectivity index is 2.01. The molecule has 1 heterocycles. The molecule has 4 heteroatoms. The summed E-state index contributed by atoms with van der Waals surface area (Å²) in [5.41, 5.74) is -0.569. The van der Waals surface area contributed by atoms with Crippen molar-refractivity contribution in [2.24, 2.45) is 5.92 Å². The van der Waals surface area contributed by atoms with Crippen molar-refractivity contribution in [1.29, 1.82) is 0 Å². The lowest BCUT2D eigenvalue weighted by atomic mass is 9.65. The fourth-order valence-electron chi connectivity index (χ4n) is 4.13. The Morgan fingerprint density at radius 1 is 0.760 bits per heavy atom. The van der Waals surface area contributed by atoms with Gasteiger partial charge in [0.05, 0.1) is 11.2 Å². The minimum absolute atomic E-state index is 0.159. The number of hydrogen-bond donors (Lipinski definition) is 0. The predicted molar refractivity (Wildman–Crippen MR) is 105 cm³/mol. The third-order valence-corrected chi connectivity index (χ3v) is 6.60. The van der Waals surface area contributed by atoms with E-state index in [1.807, 2.05) is 0 Å². The van der Waals surface area contributed by atoms with Gasteiger partial charge in [-0.2, -0.15) is 0 Å². The largest absolute Gasteiger partial charge is 0.461 e. The Kier molecular flexibility index (Phi) is 8.01. The summed E-state index contributed by atoms with van der Waals surface area (Å²) >= 11 is 0. The Morgan fingerprint density at radius 2 is 1.20 bits per heavy atom. The van der Waals surface area contributed by atoms with E-state index in [2.05, 4.69) is 27.7 Å². The lowest BCUT2D eigenvalue weighted by Crippen LogP contribution is -2.41. The zero-order valence-corrected chi connectivity index (χ0v) is 17.0. The van der Waals surface area contributed by atoms with E-state index in [0.29, 0.717) is 5.82 Å². The third-order valence-electron chi connectivity index (χ3n) is 6.60. The molecule has 1 saturated heterocycles. The quantitative estimate of drug-likeness (QED) is 0.455. The van der Waals surface area contributed by atoms with Crippen molar-refractivity contribution in [2.75, 3.05) is 0 Å². The van der Waals surface area contributed by atoms with Gasteiger partial charge >= 0.3 is 7.12 Å². The molecule has 0 bridgehead atoms. The van der Waals surface area contributed by atoms with Crippen LogP contribution in [0.2, 0.25) is 5.82 Å². The molecule has 1 saturated carbocycles. The maximum atomic E-state index is 11.6. The molecule has 2 aliphatic rings. The van der Waals surface area contributed by atoms with Crippen LogP contribution in [0, 0.1) is 5.92 Å². The highest BCUT2D eigenvalue weighted by molar-refractivity contribution is 6.47. The van der Waals surface area contributed by atoms with Gasteiger partial charge in [0.15, 0.2) is 0 Å². The second-order valence-electron chi connectivity index (χ2n) is 9.28. The van der Waals surface area contributed by atoms with E-state index in [9.17, 15) is 4.79 Å². The van der Waals surface area contributed by atoms with Gasteiger partial charge in [0, 0.05) is 5.92 Å². The Hall–Kier alpha value is -0.345. The smallest absolute Gasteiger partial charge is 0.403 e. The molecular weight excluding hydrogens is 311 g/mol. The number of aldehydes is 1. The summed E-state index contributed by atoms with van der Waals surface area (Å²) in [5.74, 6) is 0.492. The van der Waals surface area contributed by atoms with Gasteiger partial charge in [-0.1, -0.05) is 64.2 Å². The molecule has 0 spiro atoms. The van der Waals surface area contributed by atoms with Crippen molar-refractivity contribution in [1.82, 2.24) is 0 Å². The molecule has 2 atom stereocenters. The van der Waals surface area contributed by atoms with Crippen molar-refractivity contribution in [3.8, 4) is 0 Å². The van der Waals surface area contributed by atoms with Gasteiger partial charge in [-0.05, 0) is 46.4 Å². The lowest BCUT2D eigenvalue weighted by molar-refractivity contribution is -0.111. The van der Waals surface area contributed by atoms with Crippen LogP contribution in [0.3, 0.4) is 0 Å². The first-order valence-corrected chi connectivity index (χ1v) is 10.7. The second-order valence-corrected chi connectivity index (χ2v) is 9.28. The maximum Gasteiger partial charge on any atom is 0.461 e. The highest BCUT2D eigenvalue weighted by Gasteiger charge is 2.53. The van der Waals surface area contributed by atoms with Crippen LogP contribution in [0.1, 0.15) is 105 Å². The number of carbonyl (C=O) groups is 1. The first-order valence-electron chi connectivity index (χ1n) is 10.7. The highest BCUT2D eigenvalue weighted by Crippen LogP contribution is 2.43. The topological polar surface area (TPSA) is 35.5 Å². The summed E-state index contributed by atoms with van der Waals surface area (Å²) < 4.78 is 12.7. The Labute approximate surface area is 155 Å². The highest BCUT2D eigenvalue weighted by atomic mass is 16.7. The first kappa shape index (κ1) is 21.0. The molecule has 0 radical (unpaired) electrons. The molecule has 2 fully saturated rings. The molecule has 0 N–H and O–H groups in total. The van der Waals surface area contributed by atoms with Gasteiger partial charge in [-0.15, -0.1) is 0 Å². The summed E-state index contributed by atoms with van der Waals surface area (Å²) in [6.45, 7) is 8.47. The number of carbonyl (C=O) groups excluding carboxylic acids is 1. The number of hydrogen-bond acceptors (Lipinski definition) is 3. The maximum absolute atomic E-state index is 11.6. The number of rotatable bonds is 2.